The van der Waals surface area contributed by atoms with Gasteiger partial charge in [0.1, 0.15) is 0 Å². The summed E-state index contributed by atoms with van der Waals surface area (Å²) >= 11 is 7.18. The molecule has 0 nitrogen and oxygen atoms in total. The van der Waals surface area contributed by atoms with Crippen LogP contribution in [0.4, 0.5) is 0 Å². The molecule has 1 aromatic carbocycles. The fraction of sp³-hybridized carbons (Fsp3) is 0.400. The van der Waals surface area contributed by atoms with E-state index in [1.54, 1.807) is 0 Å². The molecule has 0 radical (unpaired) electrons. The Morgan fingerprint density at radius 3 is 1.92 bits per heavy atom. The molecule has 0 saturated carbocycles. The quantitative estimate of drug-likeness (QED) is 0.678. The van der Waals surface area contributed by atoms with E-state index < -0.39 is 0 Å². The Kier molecular flexibility index (Phi) is 2.30. The molecule has 0 bridgehead atoms. The molecule has 0 saturated heterocycles. The molecular weight excluding hydrogens is 280 g/mol. The molecular formula is C10H10Br2. The topological polar surface area (TPSA) is 0 Å². The Morgan fingerprint density at radius 1 is 1.08 bits per heavy atom. The average Bonchev–Trinajstić information content (AvgIpc) is 2.41. The second kappa shape index (κ2) is 3.15. The summed E-state index contributed by atoms with van der Waals surface area (Å²) < 4.78 is 2.54. The Bertz CT molecular complexity index is 287. The van der Waals surface area contributed by atoms with Gasteiger partial charge in [0, 0.05) is 8.95 Å². The van der Waals surface area contributed by atoms with Gasteiger partial charge in [-0.15, -0.1) is 0 Å². The van der Waals surface area contributed by atoms with Gasteiger partial charge in [-0.2, -0.15) is 0 Å². The zero-order chi connectivity index (χ0) is 8.72. The van der Waals surface area contributed by atoms with Crippen molar-refractivity contribution < 1.29 is 0 Å². The highest BCUT2D eigenvalue weighted by Gasteiger charge is 2.21. The van der Waals surface area contributed by atoms with E-state index in [2.05, 4.69) is 50.9 Å². The van der Waals surface area contributed by atoms with Crippen molar-refractivity contribution in [1.82, 2.24) is 0 Å². The summed E-state index contributed by atoms with van der Waals surface area (Å²) in [7, 11) is 0. The SMILES string of the molecule is CC1Cc2c(Br)ccc(Br)c2C1. The predicted molar refractivity (Wildman–Crippen MR) is 58.4 cm³/mol. The normalized spacial score (nSPS) is 16.6. The lowest BCUT2D eigenvalue weighted by molar-refractivity contribution is 0.626. The van der Waals surface area contributed by atoms with Crippen LogP contribution >= 0.6 is 31.9 Å². The smallest absolute Gasteiger partial charge is 0.0210 e. The van der Waals surface area contributed by atoms with Gasteiger partial charge in [-0.3, -0.25) is 0 Å². The number of hydrogen-bond acceptors (Lipinski definition) is 0. The highest BCUT2D eigenvalue weighted by Crippen LogP contribution is 2.36. The fourth-order valence-corrected chi connectivity index (χ4v) is 2.91. The molecule has 0 amide bonds. The molecule has 12 heavy (non-hydrogen) atoms. The van der Waals surface area contributed by atoms with Gasteiger partial charge in [0.05, 0.1) is 0 Å². The molecule has 1 aliphatic carbocycles. The molecule has 2 rings (SSSR count). The first-order valence-electron chi connectivity index (χ1n) is 4.14. The van der Waals surface area contributed by atoms with E-state index in [1.807, 2.05) is 0 Å². The number of hydrogen-bond donors (Lipinski definition) is 0. The minimum atomic E-state index is 0.801. The summed E-state index contributed by atoms with van der Waals surface area (Å²) in [4.78, 5) is 0. The third-order valence-corrected chi connectivity index (χ3v) is 3.91. The number of halogens is 2. The van der Waals surface area contributed by atoms with E-state index in [-0.39, 0.29) is 0 Å². The Hall–Kier alpha value is 0.180. The van der Waals surface area contributed by atoms with Crippen LogP contribution in [0.2, 0.25) is 0 Å². The summed E-state index contributed by atoms with van der Waals surface area (Å²) in [6, 6.07) is 4.25. The van der Waals surface area contributed by atoms with Crippen molar-refractivity contribution in [1.29, 1.82) is 0 Å². The van der Waals surface area contributed by atoms with Crippen LogP contribution in [0.3, 0.4) is 0 Å². The molecule has 2 heteroatoms. The van der Waals surface area contributed by atoms with Gasteiger partial charge in [0.2, 0.25) is 0 Å². The highest BCUT2D eigenvalue weighted by molar-refractivity contribution is 9.11. The predicted octanol–water partition coefficient (Wildman–Crippen LogP) is 3.95. The molecule has 0 spiro atoms. The van der Waals surface area contributed by atoms with E-state index in [9.17, 15) is 0 Å². The van der Waals surface area contributed by atoms with Crippen molar-refractivity contribution >= 4 is 31.9 Å². The number of benzene rings is 1. The summed E-state index contributed by atoms with van der Waals surface area (Å²) in [6.07, 6.45) is 2.44. The van der Waals surface area contributed by atoms with Crippen molar-refractivity contribution in [2.45, 2.75) is 19.8 Å². The molecule has 0 aromatic heterocycles. The molecule has 0 atom stereocenters. The van der Waals surface area contributed by atoms with E-state index in [0.29, 0.717) is 0 Å². The lowest BCUT2D eigenvalue weighted by atomic mass is 10.1. The second-order valence-corrected chi connectivity index (χ2v) is 5.21. The Balaban J connectivity index is 2.56. The third kappa shape index (κ3) is 1.35. The van der Waals surface area contributed by atoms with Crippen molar-refractivity contribution in [3.63, 3.8) is 0 Å². The molecule has 1 aromatic rings. The van der Waals surface area contributed by atoms with Crippen LogP contribution in [0.5, 0.6) is 0 Å². The zero-order valence-electron chi connectivity index (χ0n) is 6.90. The van der Waals surface area contributed by atoms with Crippen molar-refractivity contribution in [2.75, 3.05) is 0 Å². The van der Waals surface area contributed by atoms with E-state index in [4.69, 9.17) is 0 Å². The van der Waals surface area contributed by atoms with Gasteiger partial charge in [0.25, 0.3) is 0 Å². The standard InChI is InChI=1S/C10H10Br2/c1-6-4-7-8(5-6)10(12)3-2-9(7)11/h2-3,6H,4-5H2,1H3. The molecule has 0 N–H and O–H groups in total. The Morgan fingerprint density at radius 2 is 1.50 bits per heavy atom. The van der Waals surface area contributed by atoms with Gasteiger partial charge in [-0.25, -0.2) is 0 Å². The minimum absolute atomic E-state index is 0.801. The highest BCUT2D eigenvalue weighted by atomic mass is 79.9. The molecule has 0 fully saturated rings. The molecule has 0 aliphatic heterocycles. The number of fused-ring (bicyclic) bond motifs is 1. The average molecular weight is 290 g/mol. The van der Waals surface area contributed by atoms with Crippen LogP contribution in [0.25, 0.3) is 0 Å². The van der Waals surface area contributed by atoms with Crippen molar-refractivity contribution in [3.05, 3.63) is 32.2 Å². The molecule has 0 heterocycles. The van der Waals surface area contributed by atoms with Crippen LogP contribution in [0.15, 0.2) is 21.1 Å². The first-order chi connectivity index (χ1) is 5.68. The molecule has 64 valence electrons. The van der Waals surface area contributed by atoms with E-state index in [1.165, 1.54) is 32.9 Å². The van der Waals surface area contributed by atoms with Crippen molar-refractivity contribution in [2.24, 2.45) is 5.92 Å². The lowest BCUT2D eigenvalue weighted by Crippen LogP contribution is -1.89. The van der Waals surface area contributed by atoms with E-state index in [0.717, 1.165) is 5.92 Å². The summed E-state index contributed by atoms with van der Waals surface area (Å²) in [5.74, 6) is 0.801. The van der Waals surface area contributed by atoms with E-state index >= 15 is 0 Å². The van der Waals surface area contributed by atoms with Gasteiger partial charge >= 0.3 is 0 Å². The van der Waals surface area contributed by atoms with Gasteiger partial charge < -0.3 is 0 Å². The maximum absolute atomic E-state index is 3.59. The minimum Gasteiger partial charge on any atom is -0.0619 e. The molecule has 1 aliphatic rings. The second-order valence-electron chi connectivity index (χ2n) is 3.50. The van der Waals surface area contributed by atoms with Gasteiger partial charge in [0.15, 0.2) is 0 Å². The zero-order valence-corrected chi connectivity index (χ0v) is 10.1. The maximum Gasteiger partial charge on any atom is 0.0210 e. The van der Waals surface area contributed by atoms with Crippen LogP contribution < -0.4 is 0 Å². The summed E-state index contributed by atoms with van der Waals surface area (Å²) in [5, 5.41) is 0. The van der Waals surface area contributed by atoms with Gasteiger partial charge in [-0.1, -0.05) is 38.8 Å². The monoisotopic (exact) mass is 288 g/mol. The first-order valence-corrected chi connectivity index (χ1v) is 5.73. The van der Waals surface area contributed by atoms with Crippen LogP contribution in [0, 0.1) is 5.92 Å². The van der Waals surface area contributed by atoms with Crippen molar-refractivity contribution in [3.8, 4) is 0 Å². The molecule has 0 unspecified atom stereocenters. The van der Waals surface area contributed by atoms with Crippen LogP contribution in [0.1, 0.15) is 18.1 Å². The third-order valence-electron chi connectivity index (χ3n) is 2.42. The summed E-state index contributed by atoms with van der Waals surface area (Å²) in [6.45, 7) is 2.30. The first kappa shape index (κ1) is 8.76. The Labute approximate surface area is 89.6 Å². The van der Waals surface area contributed by atoms with Gasteiger partial charge in [-0.05, 0) is 42.0 Å². The summed E-state index contributed by atoms with van der Waals surface area (Å²) in [5.41, 5.74) is 2.99. The van der Waals surface area contributed by atoms with Crippen LogP contribution in [-0.4, -0.2) is 0 Å². The largest absolute Gasteiger partial charge is 0.0619 e. The number of rotatable bonds is 0. The fourth-order valence-electron chi connectivity index (χ4n) is 1.85. The lowest BCUT2D eigenvalue weighted by Gasteiger charge is -2.03. The maximum atomic E-state index is 3.59. The van der Waals surface area contributed by atoms with Crippen LogP contribution in [-0.2, 0) is 12.8 Å².